The molecule has 0 bridgehead atoms. The fourth-order valence-electron chi connectivity index (χ4n) is 3.03. The summed E-state index contributed by atoms with van der Waals surface area (Å²) in [6, 6.07) is 9.84. The quantitative estimate of drug-likeness (QED) is 0.525. The van der Waals surface area contributed by atoms with Gasteiger partial charge < -0.3 is 5.32 Å². The first-order chi connectivity index (χ1) is 15.1. The Morgan fingerprint density at radius 3 is 2.18 bits per heavy atom. The summed E-state index contributed by atoms with van der Waals surface area (Å²) in [5.41, 5.74) is 0.296. The monoisotopic (exact) mass is 480 g/mol. The number of rotatable bonds is 7. The van der Waals surface area contributed by atoms with Gasteiger partial charge in [-0.2, -0.15) is 13.2 Å². The Morgan fingerprint density at radius 2 is 1.70 bits per heavy atom. The molecule has 2 N–H and O–H groups in total. The van der Waals surface area contributed by atoms with Crippen LogP contribution in [0, 0.1) is 0 Å². The van der Waals surface area contributed by atoms with Crippen LogP contribution in [0.1, 0.15) is 48.6 Å². The van der Waals surface area contributed by atoms with E-state index in [4.69, 9.17) is 0 Å². The van der Waals surface area contributed by atoms with Gasteiger partial charge in [0.1, 0.15) is 0 Å². The van der Waals surface area contributed by atoms with Gasteiger partial charge in [0.25, 0.3) is 0 Å². The molecule has 0 radical (unpaired) electrons. The normalized spacial score (nSPS) is 12.6. The number of sulfonamides is 1. The number of benzene rings is 2. The Kier molecular flexibility index (Phi) is 7.79. The fourth-order valence-corrected chi connectivity index (χ4v) is 3.63. The number of hydrogen-bond donors (Lipinski definition) is 2. The minimum Gasteiger partial charge on any atom is -0.348 e. The van der Waals surface area contributed by atoms with Crippen LogP contribution >= 0.6 is 0 Å². The average molecular weight is 481 g/mol. The van der Waals surface area contributed by atoms with Crippen LogP contribution in [0.2, 0.25) is 0 Å². The van der Waals surface area contributed by atoms with E-state index in [9.17, 15) is 26.4 Å². The molecule has 0 aliphatic carbocycles. The van der Waals surface area contributed by atoms with E-state index in [0.717, 1.165) is 29.5 Å². The second kappa shape index (κ2) is 9.82. The van der Waals surface area contributed by atoms with Gasteiger partial charge in [0.15, 0.2) is 0 Å². The number of alkyl halides is 3. The summed E-state index contributed by atoms with van der Waals surface area (Å²) in [5.74, 6) is -0.484. The Morgan fingerprint density at radius 1 is 1.09 bits per heavy atom. The smallest absolute Gasteiger partial charge is 0.348 e. The summed E-state index contributed by atoms with van der Waals surface area (Å²) >= 11 is 0. The maximum atomic E-state index is 13.6. The molecule has 1 amide bonds. The molecule has 0 atom stereocenters. The van der Waals surface area contributed by atoms with Crippen LogP contribution in [0.4, 0.5) is 18.9 Å². The highest BCUT2D eigenvalue weighted by Gasteiger charge is 2.35. The Balaban J connectivity index is 2.19. The van der Waals surface area contributed by atoms with Crippen LogP contribution in [-0.4, -0.2) is 20.6 Å². The number of halogens is 3. The molecule has 2 aromatic rings. The van der Waals surface area contributed by atoms with E-state index in [2.05, 4.69) is 32.7 Å². The van der Waals surface area contributed by atoms with Crippen molar-refractivity contribution in [3.63, 3.8) is 0 Å². The average Bonchev–Trinajstić information content (AvgIpc) is 2.69. The van der Waals surface area contributed by atoms with Crippen molar-refractivity contribution in [1.82, 2.24) is 5.32 Å². The predicted octanol–water partition coefficient (Wildman–Crippen LogP) is 5.35. The van der Waals surface area contributed by atoms with Gasteiger partial charge in [0, 0.05) is 12.6 Å². The van der Waals surface area contributed by atoms with Crippen LogP contribution in [0.15, 0.2) is 49.1 Å². The molecule has 2 rings (SSSR count). The van der Waals surface area contributed by atoms with Crippen molar-refractivity contribution in [1.29, 1.82) is 0 Å². The summed E-state index contributed by atoms with van der Waals surface area (Å²) in [4.78, 5) is 12.2. The zero-order chi connectivity index (χ0) is 25.0. The lowest BCUT2D eigenvalue weighted by molar-refractivity contribution is -0.137. The molecule has 5 nitrogen and oxygen atoms in total. The maximum absolute atomic E-state index is 13.6. The molecular formula is C24H27F3N2O3S. The third-order valence-electron chi connectivity index (χ3n) is 4.71. The summed E-state index contributed by atoms with van der Waals surface area (Å²) in [6.45, 7) is 9.56. The highest BCUT2D eigenvalue weighted by Crippen LogP contribution is 2.38. The van der Waals surface area contributed by atoms with Gasteiger partial charge >= 0.3 is 6.18 Å². The molecule has 33 heavy (non-hydrogen) atoms. The van der Waals surface area contributed by atoms with Crippen LogP contribution in [-0.2, 0) is 33.0 Å². The van der Waals surface area contributed by atoms with Crippen molar-refractivity contribution in [2.45, 2.75) is 38.9 Å². The Hall–Kier alpha value is -3.07. The molecular weight excluding hydrogens is 453 g/mol. The molecule has 0 saturated heterocycles. The van der Waals surface area contributed by atoms with Gasteiger partial charge in [-0.05, 0) is 45.9 Å². The topological polar surface area (TPSA) is 75.3 Å². The fraction of sp³-hybridized carbons (Fsp3) is 0.292. The van der Waals surface area contributed by atoms with Crippen molar-refractivity contribution in [3.8, 4) is 0 Å². The molecule has 0 saturated carbocycles. The van der Waals surface area contributed by atoms with Gasteiger partial charge in [-0.25, -0.2) is 8.42 Å². The highest BCUT2D eigenvalue weighted by atomic mass is 32.2. The van der Waals surface area contributed by atoms with Gasteiger partial charge in [-0.3, -0.25) is 9.52 Å². The van der Waals surface area contributed by atoms with E-state index < -0.39 is 33.4 Å². The second-order valence-corrected chi connectivity index (χ2v) is 10.4. The number of nitrogens with one attached hydrogen (secondary N) is 2. The molecule has 0 unspecified atom stereocenters. The van der Waals surface area contributed by atoms with E-state index >= 15 is 0 Å². The van der Waals surface area contributed by atoms with Crippen molar-refractivity contribution >= 4 is 33.8 Å². The van der Waals surface area contributed by atoms with Crippen LogP contribution < -0.4 is 10.0 Å². The zero-order valence-corrected chi connectivity index (χ0v) is 19.7. The number of amides is 1. The van der Waals surface area contributed by atoms with E-state index in [0.29, 0.717) is 0 Å². The molecule has 178 valence electrons. The first-order valence-electron chi connectivity index (χ1n) is 10.0. The third kappa shape index (κ3) is 7.78. The van der Waals surface area contributed by atoms with E-state index in [1.807, 2.05) is 29.0 Å². The van der Waals surface area contributed by atoms with E-state index in [1.165, 1.54) is 12.1 Å². The standard InChI is InChI=1S/C24H27F3N2O3S/c1-6-18-13-17(14-20(24(25,26)27)22(18)29-33(5,31)32)15-28-21(30)12-9-16-7-10-19(11-8-16)23(2,3)4/h6-14,29H,1,15H2,2-5H3,(H,28,30). The predicted molar refractivity (Wildman–Crippen MR) is 126 cm³/mol. The first kappa shape index (κ1) is 26.2. The molecule has 0 spiro atoms. The molecule has 0 aliphatic heterocycles. The molecule has 0 fully saturated rings. The largest absolute Gasteiger partial charge is 0.418 e. The van der Waals surface area contributed by atoms with Gasteiger partial charge in [0.05, 0.1) is 17.5 Å². The van der Waals surface area contributed by atoms with Crippen molar-refractivity contribution in [3.05, 3.63) is 76.9 Å². The zero-order valence-electron chi connectivity index (χ0n) is 18.9. The van der Waals surface area contributed by atoms with Gasteiger partial charge in [-0.15, -0.1) is 0 Å². The van der Waals surface area contributed by atoms with Crippen LogP contribution in [0.3, 0.4) is 0 Å². The third-order valence-corrected chi connectivity index (χ3v) is 5.29. The summed E-state index contributed by atoms with van der Waals surface area (Å²) in [7, 11) is -3.95. The number of anilines is 1. The first-order valence-corrected chi connectivity index (χ1v) is 11.9. The lowest BCUT2D eigenvalue weighted by Crippen LogP contribution is -2.22. The molecule has 9 heteroatoms. The minimum atomic E-state index is -4.82. The van der Waals surface area contributed by atoms with Crippen molar-refractivity contribution in [2.24, 2.45) is 0 Å². The van der Waals surface area contributed by atoms with Gasteiger partial charge in [0.2, 0.25) is 15.9 Å². The molecule has 0 heterocycles. The molecule has 0 aromatic heterocycles. The Labute approximate surface area is 192 Å². The number of hydrogen-bond acceptors (Lipinski definition) is 3. The number of carbonyl (C=O) groups excluding carboxylic acids is 1. The van der Waals surface area contributed by atoms with E-state index in [1.54, 1.807) is 6.08 Å². The summed E-state index contributed by atoms with van der Waals surface area (Å²) in [5, 5.41) is 2.54. The molecule has 0 aliphatic rings. The van der Waals surface area contributed by atoms with Crippen LogP contribution in [0.5, 0.6) is 0 Å². The van der Waals surface area contributed by atoms with Crippen LogP contribution in [0.25, 0.3) is 12.2 Å². The maximum Gasteiger partial charge on any atom is 0.418 e. The summed E-state index contributed by atoms with van der Waals surface area (Å²) < 4.78 is 65.6. The summed E-state index contributed by atoms with van der Waals surface area (Å²) in [6.07, 6.45) is -0.0295. The second-order valence-electron chi connectivity index (χ2n) is 8.61. The van der Waals surface area contributed by atoms with Crippen molar-refractivity contribution in [2.75, 3.05) is 11.0 Å². The molecule has 2 aromatic carbocycles. The van der Waals surface area contributed by atoms with Gasteiger partial charge in [-0.1, -0.05) is 57.7 Å². The van der Waals surface area contributed by atoms with Crippen molar-refractivity contribution < 1.29 is 26.4 Å². The highest BCUT2D eigenvalue weighted by molar-refractivity contribution is 7.92. The lowest BCUT2D eigenvalue weighted by Gasteiger charge is -2.18. The number of carbonyl (C=O) groups is 1. The lowest BCUT2D eigenvalue weighted by atomic mass is 9.87. The SMILES string of the molecule is C=Cc1cc(CNC(=O)C=Cc2ccc(C(C)(C)C)cc2)cc(C(F)(F)F)c1NS(C)(=O)=O. The van der Waals surface area contributed by atoms with E-state index in [-0.39, 0.29) is 23.1 Å². The Bertz CT molecular complexity index is 1160. The minimum absolute atomic E-state index is 0.00552.